The maximum atomic E-state index is 13.3. The lowest BCUT2D eigenvalue weighted by Gasteiger charge is -2.22. The van der Waals surface area contributed by atoms with Crippen LogP contribution in [-0.2, 0) is 26.2 Å². The second-order valence-electron chi connectivity index (χ2n) is 8.93. The zero-order chi connectivity index (χ0) is 25.2. The van der Waals surface area contributed by atoms with Crippen LogP contribution in [0, 0.1) is 5.82 Å². The molecule has 0 amide bonds. The van der Waals surface area contributed by atoms with Crippen molar-refractivity contribution in [2.24, 2.45) is 0 Å². The molecule has 2 aromatic heterocycles. The SMILES string of the molecule is O=c1[nH]c2cc3c(cc2cc1CN(Cc1ccccc1)Cc1nnnn1Cc1ccc(F)cc1)OCO3. The molecule has 1 aliphatic rings. The third kappa shape index (κ3) is 5.05. The molecule has 0 spiro atoms. The molecule has 9 nitrogen and oxygen atoms in total. The van der Waals surface area contributed by atoms with Crippen LogP contribution in [0.25, 0.3) is 10.9 Å². The van der Waals surface area contributed by atoms with E-state index in [1.54, 1.807) is 22.9 Å². The van der Waals surface area contributed by atoms with E-state index in [0.29, 0.717) is 54.6 Å². The number of aromatic amines is 1. The molecular weight excluding hydrogens is 475 g/mol. The van der Waals surface area contributed by atoms with Crippen LogP contribution in [0.5, 0.6) is 11.5 Å². The Bertz CT molecular complexity index is 1600. The van der Waals surface area contributed by atoms with Gasteiger partial charge in [0.15, 0.2) is 17.3 Å². The fraction of sp³-hybridized carbons (Fsp3) is 0.185. The van der Waals surface area contributed by atoms with Crippen LogP contribution in [0.3, 0.4) is 0 Å². The predicted molar refractivity (Wildman–Crippen MR) is 133 cm³/mol. The number of tetrazole rings is 1. The van der Waals surface area contributed by atoms with E-state index in [2.05, 4.69) is 25.4 Å². The van der Waals surface area contributed by atoms with Gasteiger partial charge in [0.2, 0.25) is 6.79 Å². The average molecular weight is 499 g/mol. The monoisotopic (exact) mass is 498 g/mol. The number of nitrogens with one attached hydrogen (secondary N) is 1. The molecule has 0 atom stereocenters. The van der Waals surface area contributed by atoms with E-state index < -0.39 is 0 Å². The van der Waals surface area contributed by atoms with Crippen LogP contribution < -0.4 is 15.0 Å². The lowest BCUT2D eigenvalue weighted by molar-refractivity contribution is 0.174. The molecule has 0 aliphatic carbocycles. The van der Waals surface area contributed by atoms with Gasteiger partial charge in [-0.3, -0.25) is 9.69 Å². The molecule has 186 valence electrons. The predicted octanol–water partition coefficient (Wildman–Crippen LogP) is 3.63. The Morgan fingerprint density at radius 3 is 2.51 bits per heavy atom. The summed E-state index contributed by atoms with van der Waals surface area (Å²) in [5, 5.41) is 13.1. The Hall–Kier alpha value is -4.57. The van der Waals surface area contributed by atoms with Gasteiger partial charge in [0.25, 0.3) is 5.56 Å². The molecule has 3 aromatic carbocycles. The van der Waals surface area contributed by atoms with E-state index in [-0.39, 0.29) is 18.2 Å². The Balaban J connectivity index is 1.29. The fourth-order valence-corrected chi connectivity index (χ4v) is 4.43. The molecule has 10 heteroatoms. The summed E-state index contributed by atoms with van der Waals surface area (Å²) in [6.45, 7) is 1.94. The lowest BCUT2D eigenvalue weighted by Crippen LogP contribution is -2.28. The zero-order valence-electron chi connectivity index (χ0n) is 19.8. The number of pyridine rings is 1. The summed E-state index contributed by atoms with van der Waals surface area (Å²) in [4.78, 5) is 18.1. The van der Waals surface area contributed by atoms with Crippen molar-refractivity contribution in [2.75, 3.05) is 6.79 Å². The van der Waals surface area contributed by atoms with E-state index in [1.807, 2.05) is 42.5 Å². The third-order valence-electron chi connectivity index (χ3n) is 6.27. The number of fused-ring (bicyclic) bond motifs is 2. The minimum absolute atomic E-state index is 0.167. The van der Waals surface area contributed by atoms with Crippen molar-refractivity contribution in [3.05, 3.63) is 111 Å². The average Bonchev–Trinajstić information content (AvgIpc) is 3.54. The number of benzene rings is 3. The summed E-state index contributed by atoms with van der Waals surface area (Å²) in [5.41, 5.74) is 3.11. The first kappa shape index (κ1) is 22.9. The van der Waals surface area contributed by atoms with Gasteiger partial charge in [0, 0.05) is 30.1 Å². The maximum absolute atomic E-state index is 13.3. The van der Waals surface area contributed by atoms with Crippen molar-refractivity contribution in [3.63, 3.8) is 0 Å². The van der Waals surface area contributed by atoms with E-state index >= 15 is 0 Å². The van der Waals surface area contributed by atoms with Crippen molar-refractivity contribution < 1.29 is 13.9 Å². The van der Waals surface area contributed by atoms with E-state index in [4.69, 9.17) is 9.47 Å². The number of ether oxygens (including phenoxy) is 2. The highest BCUT2D eigenvalue weighted by molar-refractivity contribution is 5.83. The summed E-state index contributed by atoms with van der Waals surface area (Å²) in [7, 11) is 0. The van der Waals surface area contributed by atoms with Crippen LogP contribution >= 0.6 is 0 Å². The number of hydrogen-bond donors (Lipinski definition) is 1. The van der Waals surface area contributed by atoms with Crippen molar-refractivity contribution >= 4 is 10.9 Å². The quantitative estimate of drug-likeness (QED) is 0.349. The number of rotatable bonds is 8. The first-order chi connectivity index (χ1) is 18.1. The van der Waals surface area contributed by atoms with E-state index in [1.165, 1.54) is 12.1 Å². The van der Waals surface area contributed by atoms with Gasteiger partial charge in [-0.2, -0.15) is 0 Å². The smallest absolute Gasteiger partial charge is 0.252 e. The molecule has 1 aliphatic heterocycles. The van der Waals surface area contributed by atoms with Crippen molar-refractivity contribution in [3.8, 4) is 11.5 Å². The van der Waals surface area contributed by atoms with Crippen LogP contribution in [0.1, 0.15) is 22.5 Å². The molecule has 0 unspecified atom stereocenters. The second kappa shape index (κ2) is 9.82. The number of H-pyrrole nitrogens is 1. The third-order valence-corrected chi connectivity index (χ3v) is 6.27. The molecule has 0 saturated carbocycles. The minimum atomic E-state index is -0.292. The maximum Gasteiger partial charge on any atom is 0.252 e. The van der Waals surface area contributed by atoms with Gasteiger partial charge >= 0.3 is 0 Å². The van der Waals surface area contributed by atoms with Crippen LogP contribution in [0.4, 0.5) is 4.39 Å². The molecule has 0 radical (unpaired) electrons. The van der Waals surface area contributed by atoms with Crippen molar-refractivity contribution in [1.82, 2.24) is 30.1 Å². The summed E-state index contributed by atoms with van der Waals surface area (Å²) < 4.78 is 26.0. The molecule has 3 heterocycles. The van der Waals surface area contributed by atoms with E-state index in [0.717, 1.165) is 16.5 Å². The second-order valence-corrected chi connectivity index (χ2v) is 8.93. The fourth-order valence-electron chi connectivity index (χ4n) is 4.43. The van der Waals surface area contributed by atoms with Crippen LogP contribution in [0.15, 0.2) is 77.6 Å². The normalized spacial score (nSPS) is 12.5. The Labute approximate surface area is 211 Å². The lowest BCUT2D eigenvalue weighted by atomic mass is 10.1. The van der Waals surface area contributed by atoms with Gasteiger partial charge < -0.3 is 14.5 Å². The summed E-state index contributed by atoms with van der Waals surface area (Å²) in [6, 6.07) is 21.8. The summed E-state index contributed by atoms with van der Waals surface area (Å²) >= 11 is 0. The Morgan fingerprint density at radius 1 is 0.919 bits per heavy atom. The van der Waals surface area contributed by atoms with Crippen LogP contribution in [-0.4, -0.2) is 36.9 Å². The largest absolute Gasteiger partial charge is 0.454 e. The summed E-state index contributed by atoms with van der Waals surface area (Å²) in [5.74, 6) is 1.63. The molecule has 0 fully saturated rings. The van der Waals surface area contributed by atoms with E-state index in [9.17, 15) is 9.18 Å². The molecule has 37 heavy (non-hydrogen) atoms. The highest BCUT2D eigenvalue weighted by atomic mass is 19.1. The first-order valence-corrected chi connectivity index (χ1v) is 11.8. The molecule has 1 N–H and O–H groups in total. The minimum Gasteiger partial charge on any atom is -0.454 e. The van der Waals surface area contributed by atoms with Gasteiger partial charge in [-0.25, -0.2) is 9.07 Å². The molecular formula is C27H23FN6O3. The number of halogens is 1. The number of nitrogens with zero attached hydrogens (tertiary/aromatic N) is 5. The Morgan fingerprint density at radius 2 is 1.70 bits per heavy atom. The van der Waals surface area contributed by atoms with Gasteiger partial charge in [-0.15, -0.1) is 5.10 Å². The highest BCUT2D eigenvalue weighted by Gasteiger charge is 2.18. The molecule has 0 bridgehead atoms. The highest BCUT2D eigenvalue weighted by Crippen LogP contribution is 2.35. The number of aromatic nitrogens is 5. The van der Waals surface area contributed by atoms with Gasteiger partial charge in [0.05, 0.1) is 18.6 Å². The van der Waals surface area contributed by atoms with Crippen LogP contribution in [0.2, 0.25) is 0 Å². The van der Waals surface area contributed by atoms with Crippen molar-refractivity contribution in [2.45, 2.75) is 26.2 Å². The molecule has 6 rings (SSSR count). The zero-order valence-corrected chi connectivity index (χ0v) is 19.8. The topological polar surface area (TPSA) is 98.2 Å². The van der Waals surface area contributed by atoms with Gasteiger partial charge in [0.1, 0.15) is 5.82 Å². The molecule has 5 aromatic rings. The number of hydrogen-bond acceptors (Lipinski definition) is 7. The van der Waals surface area contributed by atoms with Gasteiger partial charge in [-0.1, -0.05) is 42.5 Å². The van der Waals surface area contributed by atoms with Crippen molar-refractivity contribution in [1.29, 1.82) is 0 Å². The Kier molecular flexibility index (Phi) is 6.07. The standard InChI is InChI=1S/C27H23FN6O3/c28-22-8-6-19(7-9-22)14-34-26(30-31-32-34)16-33(13-18-4-2-1-3-5-18)15-21-10-20-11-24-25(37-17-36-24)12-23(20)29-27(21)35/h1-12H,13-17H2,(H,29,35). The summed E-state index contributed by atoms with van der Waals surface area (Å²) in [6.07, 6.45) is 0. The van der Waals surface area contributed by atoms with Gasteiger partial charge in [-0.05, 0) is 45.8 Å². The first-order valence-electron chi connectivity index (χ1n) is 11.8. The molecule has 0 saturated heterocycles.